The molecular weight excluding hydrogens is 368 g/mol. The molecule has 0 atom stereocenters. The second kappa shape index (κ2) is 7.42. The van der Waals surface area contributed by atoms with Gasteiger partial charge in [-0.3, -0.25) is 4.79 Å². The zero-order valence-corrected chi connectivity index (χ0v) is 16.0. The van der Waals surface area contributed by atoms with Crippen molar-refractivity contribution in [2.45, 2.75) is 18.4 Å². The minimum absolute atomic E-state index is 0.120. The lowest BCUT2D eigenvalue weighted by atomic mass is 10.1. The van der Waals surface area contributed by atoms with E-state index in [2.05, 4.69) is 9.71 Å². The van der Waals surface area contributed by atoms with Crippen LogP contribution in [0.2, 0.25) is 0 Å². The van der Waals surface area contributed by atoms with Crippen molar-refractivity contribution in [3.8, 4) is 11.5 Å². The molecule has 0 amide bonds. The first kappa shape index (κ1) is 18.9. The number of methoxy groups -OCH3 is 2. The molecule has 0 radical (unpaired) electrons. The lowest BCUT2D eigenvalue weighted by molar-refractivity contribution is 0.414. The molecule has 0 aliphatic rings. The average Bonchev–Trinajstić information content (AvgIpc) is 2.65. The molecule has 0 spiro atoms. The Hall–Kier alpha value is -2.84. The smallest absolute Gasteiger partial charge is 0.252 e. The quantitative estimate of drug-likeness (QED) is 0.675. The van der Waals surface area contributed by atoms with E-state index in [0.717, 1.165) is 5.39 Å². The van der Waals surface area contributed by atoms with Crippen LogP contribution in [0.4, 0.5) is 0 Å². The maximum Gasteiger partial charge on any atom is 0.252 e. The molecule has 0 bridgehead atoms. The molecule has 142 valence electrons. The minimum Gasteiger partial charge on any atom is -0.497 e. The van der Waals surface area contributed by atoms with Gasteiger partial charge < -0.3 is 14.5 Å². The van der Waals surface area contributed by atoms with Gasteiger partial charge in [0, 0.05) is 18.2 Å². The number of sulfonamides is 1. The third-order valence-electron chi connectivity index (χ3n) is 4.25. The predicted molar refractivity (Wildman–Crippen MR) is 103 cm³/mol. The van der Waals surface area contributed by atoms with E-state index in [1.165, 1.54) is 13.2 Å². The van der Waals surface area contributed by atoms with Crippen molar-refractivity contribution < 1.29 is 17.9 Å². The molecule has 1 heterocycles. The van der Waals surface area contributed by atoms with Crippen molar-refractivity contribution >= 4 is 20.9 Å². The molecule has 7 nitrogen and oxygen atoms in total. The van der Waals surface area contributed by atoms with Gasteiger partial charge in [0.25, 0.3) is 5.56 Å². The molecule has 0 unspecified atom stereocenters. The summed E-state index contributed by atoms with van der Waals surface area (Å²) < 4.78 is 37.9. The second-order valence-corrected chi connectivity index (χ2v) is 7.77. The minimum atomic E-state index is -3.77. The molecule has 8 heteroatoms. The fourth-order valence-corrected chi connectivity index (χ4v) is 4.02. The van der Waals surface area contributed by atoms with Crippen LogP contribution in [0.5, 0.6) is 11.5 Å². The van der Waals surface area contributed by atoms with E-state index in [9.17, 15) is 13.2 Å². The zero-order chi connectivity index (χ0) is 19.6. The number of benzene rings is 2. The van der Waals surface area contributed by atoms with Crippen LogP contribution in [0.3, 0.4) is 0 Å². The Morgan fingerprint density at radius 2 is 1.67 bits per heavy atom. The van der Waals surface area contributed by atoms with Crippen LogP contribution in [-0.2, 0) is 16.6 Å². The van der Waals surface area contributed by atoms with Gasteiger partial charge in [0.1, 0.15) is 11.5 Å². The van der Waals surface area contributed by atoms with Crippen LogP contribution in [0.1, 0.15) is 11.1 Å². The predicted octanol–water partition coefficient (Wildman–Crippen LogP) is 2.33. The summed E-state index contributed by atoms with van der Waals surface area (Å²) in [6, 6.07) is 11.7. The summed E-state index contributed by atoms with van der Waals surface area (Å²) in [7, 11) is -0.711. The Bertz CT molecular complexity index is 1150. The van der Waals surface area contributed by atoms with Crippen LogP contribution < -0.4 is 19.8 Å². The van der Waals surface area contributed by atoms with Gasteiger partial charge in [0.2, 0.25) is 10.0 Å². The van der Waals surface area contributed by atoms with Gasteiger partial charge in [0.05, 0.1) is 24.6 Å². The fourth-order valence-electron chi connectivity index (χ4n) is 2.78. The first-order valence-electron chi connectivity index (χ1n) is 8.18. The number of aryl methyl sites for hydroxylation is 1. The molecule has 0 saturated carbocycles. The van der Waals surface area contributed by atoms with Crippen LogP contribution in [0.15, 0.2) is 52.2 Å². The van der Waals surface area contributed by atoms with E-state index in [0.29, 0.717) is 28.1 Å². The Kier molecular flexibility index (Phi) is 5.20. The Labute approximate surface area is 157 Å². The van der Waals surface area contributed by atoms with E-state index >= 15 is 0 Å². The van der Waals surface area contributed by atoms with Crippen molar-refractivity contribution in [2.24, 2.45) is 0 Å². The average molecular weight is 388 g/mol. The van der Waals surface area contributed by atoms with Gasteiger partial charge >= 0.3 is 0 Å². The lowest BCUT2D eigenvalue weighted by Crippen LogP contribution is -2.27. The zero-order valence-electron chi connectivity index (χ0n) is 15.2. The van der Waals surface area contributed by atoms with Crippen LogP contribution in [-0.4, -0.2) is 27.6 Å². The highest BCUT2D eigenvalue weighted by atomic mass is 32.2. The van der Waals surface area contributed by atoms with Crippen molar-refractivity contribution in [1.29, 1.82) is 0 Å². The first-order valence-corrected chi connectivity index (χ1v) is 9.66. The maximum atomic E-state index is 12.6. The highest BCUT2D eigenvalue weighted by Gasteiger charge is 2.18. The fraction of sp³-hybridized carbons (Fsp3) is 0.211. The van der Waals surface area contributed by atoms with Gasteiger partial charge in [-0.15, -0.1) is 0 Å². The topological polar surface area (TPSA) is 97.5 Å². The second-order valence-electron chi connectivity index (χ2n) is 6.03. The molecular formula is C19H20N2O5S. The third kappa shape index (κ3) is 3.96. The molecule has 0 aliphatic heterocycles. The highest BCUT2D eigenvalue weighted by Crippen LogP contribution is 2.21. The third-order valence-corrected chi connectivity index (χ3v) is 5.82. The summed E-state index contributed by atoms with van der Waals surface area (Å²) in [6.45, 7) is 1.57. The monoisotopic (exact) mass is 388 g/mol. The number of aromatic nitrogens is 1. The summed E-state index contributed by atoms with van der Waals surface area (Å²) >= 11 is 0. The molecule has 27 heavy (non-hydrogen) atoms. The Morgan fingerprint density at radius 3 is 2.33 bits per heavy atom. The first-order chi connectivity index (χ1) is 12.8. The van der Waals surface area contributed by atoms with Crippen molar-refractivity contribution in [1.82, 2.24) is 9.71 Å². The molecule has 0 saturated heterocycles. The van der Waals surface area contributed by atoms with Gasteiger partial charge in [-0.05, 0) is 54.3 Å². The normalized spacial score (nSPS) is 11.5. The summed E-state index contributed by atoms with van der Waals surface area (Å²) in [5.41, 5.74) is 1.14. The van der Waals surface area contributed by atoms with Gasteiger partial charge in [0.15, 0.2) is 0 Å². The van der Waals surface area contributed by atoms with Crippen LogP contribution in [0.25, 0.3) is 10.9 Å². The standard InChI is InChI=1S/C19H20N2O5S/c1-12-8-15(25-2)6-7-18(12)27(23,24)20-11-14-9-13-4-5-16(26-3)10-17(13)21-19(14)22/h4-10,20H,11H2,1-3H3,(H,21,22). The number of fused-ring (bicyclic) bond motifs is 1. The molecule has 1 aromatic heterocycles. The van der Waals surface area contributed by atoms with Gasteiger partial charge in [-0.1, -0.05) is 0 Å². The Morgan fingerprint density at radius 1 is 1.00 bits per heavy atom. The van der Waals surface area contributed by atoms with Crippen molar-refractivity contribution in [2.75, 3.05) is 14.2 Å². The number of hydrogen-bond acceptors (Lipinski definition) is 5. The van der Waals surface area contributed by atoms with E-state index in [1.807, 2.05) is 0 Å². The summed E-state index contributed by atoms with van der Waals surface area (Å²) in [5, 5.41) is 0.783. The van der Waals surface area contributed by atoms with Crippen molar-refractivity contribution in [3.05, 3.63) is 63.9 Å². The summed E-state index contributed by atoms with van der Waals surface area (Å²) in [6.07, 6.45) is 0. The molecule has 0 fully saturated rings. The van der Waals surface area contributed by atoms with Gasteiger partial charge in [-0.2, -0.15) is 0 Å². The number of nitrogens with one attached hydrogen (secondary N) is 2. The number of aromatic amines is 1. The maximum absolute atomic E-state index is 12.6. The highest BCUT2D eigenvalue weighted by molar-refractivity contribution is 7.89. The number of ether oxygens (including phenoxy) is 2. The molecule has 3 aromatic rings. The van der Waals surface area contributed by atoms with E-state index < -0.39 is 10.0 Å². The molecule has 0 aliphatic carbocycles. The van der Waals surface area contributed by atoms with Gasteiger partial charge in [-0.25, -0.2) is 13.1 Å². The van der Waals surface area contributed by atoms with E-state index in [-0.39, 0.29) is 17.0 Å². The molecule has 2 aromatic carbocycles. The van der Waals surface area contributed by atoms with E-state index in [4.69, 9.17) is 9.47 Å². The SMILES string of the molecule is COc1ccc(S(=O)(=O)NCc2cc3ccc(OC)cc3[nH]c2=O)c(C)c1. The number of pyridine rings is 1. The molecule has 2 N–H and O–H groups in total. The molecule has 3 rings (SSSR count). The summed E-state index contributed by atoms with van der Waals surface area (Å²) in [4.78, 5) is 15.2. The van der Waals surface area contributed by atoms with E-state index in [1.54, 1.807) is 50.4 Å². The number of H-pyrrole nitrogens is 1. The lowest BCUT2D eigenvalue weighted by Gasteiger charge is -2.11. The number of rotatable bonds is 6. The Balaban J connectivity index is 1.87. The summed E-state index contributed by atoms with van der Waals surface area (Å²) in [5.74, 6) is 1.20. The number of hydrogen-bond donors (Lipinski definition) is 2. The van der Waals surface area contributed by atoms with Crippen LogP contribution in [0, 0.1) is 6.92 Å². The van der Waals surface area contributed by atoms with Crippen LogP contribution >= 0.6 is 0 Å². The largest absolute Gasteiger partial charge is 0.497 e. The van der Waals surface area contributed by atoms with Crippen molar-refractivity contribution in [3.63, 3.8) is 0 Å².